The Morgan fingerprint density at radius 1 is 1.02 bits per heavy atom. The second-order valence-electron chi connectivity index (χ2n) is 11.1. The molecule has 3 atom stereocenters. The number of aliphatic hydroxyl groups is 1. The van der Waals surface area contributed by atoms with Crippen LogP contribution in [0.25, 0.3) is 11.1 Å². The molecule has 0 spiro atoms. The first-order valence-electron chi connectivity index (χ1n) is 14.3. The number of likely N-dealkylation sites (N-methyl/N-ethyl adjacent to an activating group) is 1. The lowest BCUT2D eigenvalue weighted by Gasteiger charge is -2.38. The minimum Gasteiger partial charge on any atom is -0.486 e. The van der Waals surface area contributed by atoms with Crippen molar-refractivity contribution in [3.63, 3.8) is 0 Å². The SMILES string of the molecule is C[C@@H]1CN([C@H](C)CO)C(=O)c2cccc(NS(=O)(=O)c3cccs3)c2O[C@H]1CN(C)Cc1ccc(-c2ccccc2)cc1. The van der Waals surface area contributed by atoms with Gasteiger partial charge in [-0.3, -0.25) is 14.4 Å². The topological polar surface area (TPSA) is 99.2 Å². The van der Waals surface area contributed by atoms with Crippen molar-refractivity contribution in [2.75, 3.05) is 31.5 Å². The number of rotatable bonds is 10. The number of nitrogens with one attached hydrogen (secondary N) is 1. The Hall–Kier alpha value is -3.70. The van der Waals surface area contributed by atoms with Gasteiger partial charge in [-0.2, -0.15) is 0 Å². The summed E-state index contributed by atoms with van der Waals surface area (Å²) in [6.07, 6.45) is -0.374. The zero-order valence-corrected chi connectivity index (χ0v) is 26.1. The predicted molar refractivity (Wildman–Crippen MR) is 171 cm³/mol. The Morgan fingerprint density at radius 3 is 2.42 bits per heavy atom. The highest BCUT2D eigenvalue weighted by molar-refractivity contribution is 7.94. The molecule has 226 valence electrons. The number of hydrogen-bond acceptors (Lipinski definition) is 7. The number of nitrogens with zero attached hydrogens (tertiary/aromatic N) is 2. The van der Waals surface area contributed by atoms with Gasteiger partial charge in [-0.05, 0) is 54.2 Å². The first-order valence-corrected chi connectivity index (χ1v) is 16.6. The van der Waals surface area contributed by atoms with E-state index in [4.69, 9.17) is 4.74 Å². The van der Waals surface area contributed by atoms with E-state index in [2.05, 4.69) is 46.0 Å². The van der Waals surface area contributed by atoms with E-state index in [1.165, 1.54) is 11.6 Å². The molecular formula is C33H37N3O5S2. The zero-order chi connectivity index (χ0) is 30.6. The number of benzene rings is 3. The maximum Gasteiger partial charge on any atom is 0.271 e. The third kappa shape index (κ3) is 7.10. The normalized spacial score (nSPS) is 18.0. The fourth-order valence-electron chi connectivity index (χ4n) is 5.27. The maximum atomic E-state index is 13.7. The van der Waals surface area contributed by atoms with Gasteiger partial charge in [0.2, 0.25) is 0 Å². The summed E-state index contributed by atoms with van der Waals surface area (Å²) in [4.78, 5) is 17.5. The first kappa shape index (κ1) is 30.7. The second kappa shape index (κ2) is 13.3. The van der Waals surface area contributed by atoms with Crippen molar-refractivity contribution in [2.24, 2.45) is 5.92 Å². The van der Waals surface area contributed by atoms with Crippen molar-refractivity contribution in [1.82, 2.24) is 9.80 Å². The molecule has 4 aromatic rings. The number of fused-ring (bicyclic) bond motifs is 1. The largest absolute Gasteiger partial charge is 0.486 e. The molecule has 0 radical (unpaired) electrons. The minimum absolute atomic E-state index is 0.115. The first-order chi connectivity index (χ1) is 20.7. The maximum absolute atomic E-state index is 13.7. The van der Waals surface area contributed by atoms with Crippen molar-refractivity contribution < 1.29 is 23.1 Å². The highest BCUT2D eigenvalue weighted by Gasteiger charge is 2.35. The molecule has 1 aliphatic heterocycles. The van der Waals surface area contributed by atoms with Gasteiger partial charge in [-0.25, -0.2) is 8.42 Å². The van der Waals surface area contributed by atoms with Gasteiger partial charge in [0, 0.05) is 25.6 Å². The van der Waals surface area contributed by atoms with Gasteiger partial charge in [0.25, 0.3) is 15.9 Å². The lowest BCUT2D eigenvalue weighted by atomic mass is 9.98. The predicted octanol–water partition coefficient (Wildman–Crippen LogP) is 5.57. The molecule has 0 bridgehead atoms. The van der Waals surface area contributed by atoms with E-state index in [-0.39, 0.29) is 45.7 Å². The van der Waals surface area contributed by atoms with Crippen LogP contribution in [-0.2, 0) is 16.6 Å². The summed E-state index contributed by atoms with van der Waals surface area (Å²) in [5, 5.41) is 11.7. The summed E-state index contributed by atoms with van der Waals surface area (Å²) >= 11 is 1.11. The van der Waals surface area contributed by atoms with Gasteiger partial charge in [0.1, 0.15) is 10.3 Å². The summed E-state index contributed by atoms with van der Waals surface area (Å²) < 4.78 is 35.7. The molecule has 1 aliphatic rings. The Balaban J connectivity index is 1.41. The molecule has 5 rings (SSSR count). The molecule has 0 unspecified atom stereocenters. The van der Waals surface area contributed by atoms with Crippen LogP contribution in [0.15, 0.2) is 94.5 Å². The third-order valence-corrected chi connectivity index (χ3v) is 10.5. The Kier molecular flexibility index (Phi) is 9.51. The van der Waals surface area contributed by atoms with Crippen LogP contribution in [0.2, 0.25) is 0 Å². The number of hydrogen-bond donors (Lipinski definition) is 2. The molecule has 8 nitrogen and oxygen atoms in total. The van der Waals surface area contributed by atoms with Crippen LogP contribution in [0.4, 0.5) is 5.69 Å². The van der Waals surface area contributed by atoms with E-state index in [0.717, 1.165) is 22.5 Å². The quantitative estimate of drug-likeness (QED) is 0.241. The number of carbonyl (C=O) groups is 1. The Bertz CT molecular complexity index is 1630. The summed E-state index contributed by atoms with van der Waals surface area (Å²) in [6.45, 7) is 5.22. The molecular weight excluding hydrogens is 583 g/mol. The number of para-hydroxylation sites is 1. The highest BCUT2D eigenvalue weighted by Crippen LogP contribution is 2.36. The molecule has 2 heterocycles. The number of ether oxygens (including phenoxy) is 1. The number of anilines is 1. The average molecular weight is 620 g/mol. The van der Waals surface area contributed by atoms with Crippen LogP contribution < -0.4 is 9.46 Å². The number of thiophene rings is 1. The van der Waals surface area contributed by atoms with E-state index < -0.39 is 16.1 Å². The van der Waals surface area contributed by atoms with Crippen LogP contribution in [0.5, 0.6) is 5.75 Å². The van der Waals surface area contributed by atoms with Crippen molar-refractivity contribution >= 4 is 33.0 Å². The lowest BCUT2D eigenvalue weighted by molar-refractivity contribution is 0.0344. The van der Waals surface area contributed by atoms with Gasteiger partial charge in [0.05, 0.1) is 23.9 Å². The highest BCUT2D eigenvalue weighted by atomic mass is 32.2. The van der Waals surface area contributed by atoms with Gasteiger partial charge >= 0.3 is 0 Å². The molecule has 0 saturated heterocycles. The standard InChI is InChI=1S/C33H37N3O5S2/c1-23-19-36(24(2)22-37)33(38)28-11-7-12-29(34-43(39,40)31-13-8-18-42-31)32(28)41-30(23)21-35(3)20-25-14-16-27(17-15-25)26-9-5-4-6-10-26/h4-18,23-24,30,34,37H,19-22H2,1-3H3/t23-,24-,30+/m1/s1. The van der Waals surface area contributed by atoms with Crippen LogP contribution in [-0.4, -0.2) is 68.1 Å². The Morgan fingerprint density at radius 2 is 1.74 bits per heavy atom. The second-order valence-corrected chi connectivity index (χ2v) is 14.0. The van der Waals surface area contributed by atoms with Gasteiger partial charge in [-0.1, -0.05) is 73.7 Å². The van der Waals surface area contributed by atoms with E-state index in [9.17, 15) is 18.3 Å². The number of aliphatic hydroxyl groups excluding tert-OH is 1. The van der Waals surface area contributed by atoms with Crippen molar-refractivity contribution in [1.29, 1.82) is 0 Å². The summed E-state index contributed by atoms with van der Waals surface area (Å²) in [5.74, 6) is -0.234. The fraction of sp³-hybridized carbons (Fsp3) is 0.303. The smallest absolute Gasteiger partial charge is 0.271 e. The third-order valence-electron chi connectivity index (χ3n) is 7.70. The molecule has 2 N–H and O–H groups in total. The van der Waals surface area contributed by atoms with Crippen molar-refractivity contribution in [3.8, 4) is 16.9 Å². The van der Waals surface area contributed by atoms with Crippen molar-refractivity contribution in [2.45, 2.75) is 36.7 Å². The zero-order valence-electron chi connectivity index (χ0n) is 24.5. The van der Waals surface area contributed by atoms with Crippen LogP contribution >= 0.6 is 11.3 Å². The summed E-state index contributed by atoms with van der Waals surface area (Å²) in [6, 6.07) is 26.4. The summed E-state index contributed by atoms with van der Waals surface area (Å²) in [7, 11) is -1.86. The van der Waals surface area contributed by atoms with Crippen LogP contribution in [0, 0.1) is 5.92 Å². The molecule has 1 aromatic heterocycles. The van der Waals surface area contributed by atoms with Gasteiger partial charge in [0.15, 0.2) is 5.75 Å². The molecule has 43 heavy (non-hydrogen) atoms. The molecule has 1 amide bonds. The van der Waals surface area contributed by atoms with E-state index in [1.807, 2.05) is 32.2 Å². The monoisotopic (exact) mass is 619 g/mol. The van der Waals surface area contributed by atoms with E-state index in [1.54, 1.807) is 41.5 Å². The average Bonchev–Trinajstić information content (AvgIpc) is 3.56. The molecule has 0 saturated carbocycles. The molecule has 3 aromatic carbocycles. The van der Waals surface area contributed by atoms with Crippen LogP contribution in [0.1, 0.15) is 29.8 Å². The number of carbonyl (C=O) groups excluding carboxylic acids is 1. The molecule has 10 heteroatoms. The van der Waals surface area contributed by atoms with Gasteiger partial charge < -0.3 is 14.7 Å². The number of amides is 1. The lowest BCUT2D eigenvalue weighted by Crippen LogP contribution is -2.49. The summed E-state index contributed by atoms with van der Waals surface area (Å²) in [5.41, 5.74) is 3.92. The van der Waals surface area contributed by atoms with Crippen molar-refractivity contribution in [3.05, 3.63) is 101 Å². The van der Waals surface area contributed by atoms with Gasteiger partial charge in [-0.15, -0.1) is 11.3 Å². The molecule has 0 aliphatic carbocycles. The van der Waals surface area contributed by atoms with E-state index in [0.29, 0.717) is 19.6 Å². The minimum atomic E-state index is -3.88. The van der Waals surface area contributed by atoms with Crippen LogP contribution in [0.3, 0.4) is 0 Å². The Labute approximate surface area is 257 Å². The fourth-order valence-corrected chi connectivity index (χ4v) is 7.33. The van der Waals surface area contributed by atoms with E-state index >= 15 is 0 Å². The number of sulfonamides is 1. The molecule has 0 fully saturated rings.